The smallest absolute Gasteiger partial charge is 0.263 e. The van der Waals surface area contributed by atoms with Crippen molar-refractivity contribution in [3.63, 3.8) is 0 Å². The predicted octanol–water partition coefficient (Wildman–Crippen LogP) is 2.14. The van der Waals surface area contributed by atoms with Gasteiger partial charge in [-0.1, -0.05) is 18.2 Å². The van der Waals surface area contributed by atoms with Crippen LogP contribution in [0.5, 0.6) is 5.75 Å². The molecule has 1 aromatic carbocycles. The number of ether oxygens (including phenoxy) is 1. The number of carbonyl (C=O) groups is 1. The molecule has 2 N–H and O–H groups in total. The van der Waals surface area contributed by atoms with Crippen molar-refractivity contribution in [2.24, 2.45) is 0 Å². The topological polar surface area (TPSA) is 71.5 Å². The fourth-order valence-electron chi connectivity index (χ4n) is 1.71. The third-order valence-electron chi connectivity index (χ3n) is 2.71. The molecule has 0 saturated heterocycles. The van der Waals surface area contributed by atoms with Crippen LogP contribution >= 0.6 is 11.3 Å². The quantitative estimate of drug-likeness (QED) is 0.858. The fraction of sp³-hybridized carbons (Fsp3) is 0.333. The van der Waals surface area contributed by atoms with Gasteiger partial charge in [0.25, 0.3) is 5.91 Å². The number of benzene rings is 1. The first kappa shape index (κ1) is 15.5. The van der Waals surface area contributed by atoms with Gasteiger partial charge >= 0.3 is 0 Å². The second-order valence-electron chi connectivity index (χ2n) is 4.68. The molecule has 5 nitrogen and oxygen atoms in total. The van der Waals surface area contributed by atoms with Gasteiger partial charge in [0.15, 0.2) is 0 Å². The summed E-state index contributed by atoms with van der Waals surface area (Å²) < 4.78 is 5.61. The fourth-order valence-corrected chi connectivity index (χ4v) is 2.60. The minimum atomic E-state index is -0.567. The zero-order valence-electron chi connectivity index (χ0n) is 12.0. The molecule has 0 aliphatic carbocycles. The molecule has 0 saturated carbocycles. The molecule has 2 aromatic rings. The first-order valence-electron chi connectivity index (χ1n) is 6.66. The Kier molecular flexibility index (Phi) is 5.30. The number of carbonyl (C=O) groups excluding carboxylic acids is 1. The number of hydrogen-bond donors (Lipinski definition) is 2. The highest BCUT2D eigenvalue weighted by Crippen LogP contribution is 2.20. The molecular formula is C15H18N2O3S. The molecule has 1 atom stereocenters. The molecule has 0 fully saturated rings. The second kappa shape index (κ2) is 7.19. The lowest BCUT2D eigenvalue weighted by atomic mass is 10.3. The Morgan fingerprint density at radius 3 is 2.81 bits per heavy atom. The minimum Gasteiger partial charge on any atom is -0.486 e. The lowest BCUT2D eigenvalue weighted by molar-refractivity contribution is 0.0927. The van der Waals surface area contributed by atoms with Crippen LogP contribution in [-0.2, 0) is 6.61 Å². The number of hydrogen-bond acceptors (Lipinski definition) is 5. The normalized spacial score (nSPS) is 12.0. The summed E-state index contributed by atoms with van der Waals surface area (Å²) in [5.74, 6) is 0.558. The average molecular weight is 306 g/mol. The van der Waals surface area contributed by atoms with Crippen LogP contribution in [0.3, 0.4) is 0 Å². The van der Waals surface area contributed by atoms with Crippen molar-refractivity contribution < 1.29 is 14.6 Å². The highest BCUT2D eigenvalue weighted by Gasteiger charge is 2.15. The number of nitrogens with zero attached hydrogens (tertiary/aromatic N) is 1. The Morgan fingerprint density at radius 1 is 1.43 bits per heavy atom. The Hall–Kier alpha value is -1.92. The van der Waals surface area contributed by atoms with E-state index in [1.54, 1.807) is 13.8 Å². The first-order chi connectivity index (χ1) is 10.1. The van der Waals surface area contributed by atoms with E-state index in [4.69, 9.17) is 4.74 Å². The maximum atomic E-state index is 12.0. The van der Waals surface area contributed by atoms with Crippen molar-refractivity contribution in [2.45, 2.75) is 26.6 Å². The molecule has 112 valence electrons. The van der Waals surface area contributed by atoms with Crippen LogP contribution in [-0.4, -0.2) is 28.6 Å². The first-order valence-corrected chi connectivity index (χ1v) is 7.48. The number of thiazole rings is 1. The van der Waals surface area contributed by atoms with E-state index in [0.717, 1.165) is 10.8 Å². The van der Waals surface area contributed by atoms with Crippen LogP contribution < -0.4 is 10.1 Å². The Bertz CT molecular complexity index is 596. The van der Waals surface area contributed by atoms with Crippen LogP contribution in [0.15, 0.2) is 30.3 Å². The average Bonchev–Trinajstić information content (AvgIpc) is 2.85. The van der Waals surface area contributed by atoms with E-state index in [1.807, 2.05) is 30.3 Å². The van der Waals surface area contributed by atoms with Crippen molar-refractivity contribution in [1.82, 2.24) is 10.3 Å². The van der Waals surface area contributed by atoms with Crippen LogP contribution in [0.4, 0.5) is 0 Å². The molecule has 21 heavy (non-hydrogen) atoms. The molecule has 1 unspecified atom stereocenters. The van der Waals surface area contributed by atoms with Gasteiger partial charge in [-0.15, -0.1) is 11.3 Å². The van der Waals surface area contributed by atoms with Crippen molar-refractivity contribution in [3.05, 3.63) is 45.9 Å². The summed E-state index contributed by atoms with van der Waals surface area (Å²) in [5, 5.41) is 12.6. The van der Waals surface area contributed by atoms with E-state index in [2.05, 4.69) is 10.3 Å². The van der Waals surface area contributed by atoms with Gasteiger partial charge in [0, 0.05) is 6.54 Å². The number of aromatic nitrogens is 1. The van der Waals surface area contributed by atoms with E-state index < -0.39 is 6.10 Å². The molecule has 0 aliphatic rings. The highest BCUT2D eigenvalue weighted by atomic mass is 32.1. The summed E-state index contributed by atoms with van der Waals surface area (Å²) in [5.41, 5.74) is 0.676. The standard InChI is InChI=1S/C15H18N2O3S/c1-10(18)8-16-15(19)14-11(2)17-13(21-14)9-20-12-6-4-3-5-7-12/h3-7,10,18H,8-9H2,1-2H3,(H,16,19). The summed E-state index contributed by atoms with van der Waals surface area (Å²) >= 11 is 1.31. The van der Waals surface area contributed by atoms with Gasteiger partial charge < -0.3 is 15.2 Å². The number of para-hydroxylation sites is 1. The van der Waals surface area contributed by atoms with Crippen LogP contribution in [0.25, 0.3) is 0 Å². The van der Waals surface area contributed by atoms with E-state index in [-0.39, 0.29) is 12.5 Å². The van der Waals surface area contributed by atoms with Crippen molar-refractivity contribution >= 4 is 17.2 Å². The van der Waals surface area contributed by atoms with Gasteiger partial charge in [-0.25, -0.2) is 4.98 Å². The lowest BCUT2D eigenvalue weighted by Gasteiger charge is -2.05. The monoisotopic (exact) mass is 306 g/mol. The van der Waals surface area contributed by atoms with Crippen LogP contribution in [0.2, 0.25) is 0 Å². The van der Waals surface area contributed by atoms with Crippen molar-refractivity contribution in [2.75, 3.05) is 6.54 Å². The number of aryl methyl sites for hydroxylation is 1. The summed E-state index contributed by atoms with van der Waals surface area (Å²) in [6.45, 7) is 3.98. The number of rotatable bonds is 6. The number of aliphatic hydroxyl groups excluding tert-OH is 1. The third kappa shape index (κ3) is 4.54. The Balaban J connectivity index is 1.97. The van der Waals surface area contributed by atoms with Gasteiger partial charge in [-0.05, 0) is 26.0 Å². The Labute approximate surface area is 127 Å². The molecule has 1 amide bonds. The number of nitrogens with one attached hydrogen (secondary N) is 1. The lowest BCUT2D eigenvalue weighted by Crippen LogP contribution is -2.30. The van der Waals surface area contributed by atoms with Crippen molar-refractivity contribution in [1.29, 1.82) is 0 Å². The molecule has 6 heteroatoms. The highest BCUT2D eigenvalue weighted by molar-refractivity contribution is 7.13. The van der Waals surface area contributed by atoms with Crippen LogP contribution in [0.1, 0.15) is 27.3 Å². The predicted molar refractivity (Wildman–Crippen MR) is 81.6 cm³/mol. The van der Waals surface area contributed by atoms with Gasteiger partial charge in [0.2, 0.25) is 0 Å². The molecule has 2 rings (SSSR count). The summed E-state index contributed by atoms with van der Waals surface area (Å²) in [7, 11) is 0. The second-order valence-corrected chi connectivity index (χ2v) is 5.77. The SMILES string of the molecule is Cc1nc(COc2ccccc2)sc1C(=O)NCC(C)O. The molecule has 0 bridgehead atoms. The van der Waals surface area contributed by atoms with E-state index in [0.29, 0.717) is 17.2 Å². The van der Waals surface area contributed by atoms with Gasteiger partial charge in [-0.2, -0.15) is 0 Å². The van der Waals surface area contributed by atoms with Crippen LogP contribution in [0, 0.1) is 6.92 Å². The number of aliphatic hydroxyl groups is 1. The van der Waals surface area contributed by atoms with E-state index in [1.165, 1.54) is 11.3 Å². The zero-order valence-corrected chi connectivity index (χ0v) is 12.8. The van der Waals surface area contributed by atoms with Gasteiger partial charge in [-0.3, -0.25) is 4.79 Å². The van der Waals surface area contributed by atoms with Gasteiger partial charge in [0.05, 0.1) is 11.8 Å². The summed E-state index contributed by atoms with van der Waals surface area (Å²) in [4.78, 5) is 16.9. The largest absolute Gasteiger partial charge is 0.486 e. The van der Waals surface area contributed by atoms with E-state index in [9.17, 15) is 9.90 Å². The van der Waals surface area contributed by atoms with E-state index >= 15 is 0 Å². The summed E-state index contributed by atoms with van der Waals surface area (Å²) in [6, 6.07) is 9.47. The van der Waals surface area contributed by atoms with Crippen molar-refractivity contribution in [3.8, 4) is 5.75 Å². The minimum absolute atomic E-state index is 0.211. The Morgan fingerprint density at radius 2 is 2.14 bits per heavy atom. The number of amides is 1. The molecule has 1 aromatic heterocycles. The van der Waals surface area contributed by atoms with Gasteiger partial charge in [0.1, 0.15) is 22.2 Å². The third-order valence-corrected chi connectivity index (χ3v) is 3.84. The summed E-state index contributed by atoms with van der Waals surface area (Å²) in [6.07, 6.45) is -0.567. The molecule has 1 heterocycles. The zero-order chi connectivity index (χ0) is 15.2. The molecule has 0 aliphatic heterocycles. The molecule has 0 radical (unpaired) electrons. The maximum Gasteiger partial charge on any atom is 0.263 e. The molecular weight excluding hydrogens is 288 g/mol. The maximum absolute atomic E-state index is 12.0. The molecule has 0 spiro atoms.